The van der Waals surface area contributed by atoms with Gasteiger partial charge in [0.05, 0.1) is 5.02 Å². The molecule has 0 fully saturated rings. The molecule has 0 bridgehead atoms. The van der Waals surface area contributed by atoms with Crippen LogP contribution in [0.1, 0.15) is 16.3 Å². The number of hydrogen-bond donors (Lipinski definition) is 1. The molecule has 0 saturated heterocycles. The van der Waals surface area contributed by atoms with Crippen molar-refractivity contribution >= 4 is 34.9 Å². The molecule has 6 nitrogen and oxygen atoms in total. The maximum absolute atomic E-state index is 12.0. The number of hydrogen-bond acceptors (Lipinski definition) is 6. The molecular formula is C13H9ClN4O2S. The predicted molar refractivity (Wildman–Crippen MR) is 79.5 cm³/mol. The maximum Gasteiger partial charge on any atom is 0.328 e. The van der Waals surface area contributed by atoms with Gasteiger partial charge in [-0.05, 0) is 13.0 Å². The average molecular weight is 321 g/mol. The van der Waals surface area contributed by atoms with Crippen LogP contribution in [0.2, 0.25) is 5.02 Å². The lowest BCUT2D eigenvalue weighted by Crippen LogP contribution is -2.12. The van der Waals surface area contributed by atoms with E-state index in [1.807, 2.05) is 18.2 Å². The highest BCUT2D eigenvalue weighted by molar-refractivity contribution is 7.13. The normalized spacial score (nSPS) is 10.6. The number of amides is 1. The third-order valence-corrected chi connectivity index (χ3v) is 3.79. The van der Waals surface area contributed by atoms with Gasteiger partial charge in [0, 0.05) is 10.9 Å². The first-order valence-electron chi connectivity index (χ1n) is 5.95. The van der Waals surface area contributed by atoms with Crippen LogP contribution in [0.15, 0.2) is 34.2 Å². The number of rotatable bonds is 3. The van der Waals surface area contributed by atoms with Gasteiger partial charge in [-0.3, -0.25) is 10.1 Å². The van der Waals surface area contributed by atoms with E-state index in [1.54, 1.807) is 18.4 Å². The number of halogens is 1. The van der Waals surface area contributed by atoms with Gasteiger partial charge in [0.1, 0.15) is 10.7 Å². The number of carbonyl (C=O) groups is 1. The fourth-order valence-electron chi connectivity index (χ4n) is 1.65. The fraction of sp³-hybridized carbons (Fsp3) is 0.0769. The van der Waals surface area contributed by atoms with Gasteiger partial charge in [-0.1, -0.05) is 35.0 Å². The van der Waals surface area contributed by atoms with E-state index in [1.165, 1.54) is 11.3 Å². The van der Waals surface area contributed by atoms with E-state index in [-0.39, 0.29) is 11.7 Å². The summed E-state index contributed by atoms with van der Waals surface area (Å²) in [6, 6.07) is 7.38. The zero-order chi connectivity index (χ0) is 14.8. The lowest BCUT2D eigenvalue weighted by Gasteiger charge is -1.98. The van der Waals surface area contributed by atoms with Crippen LogP contribution in [0.4, 0.5) is 6.01 Å². The van der Waals surface area contributed by atoms with E-state index in [0.717, 1.165) is 5.56 Å². The van der Waals surface area contributed by atoms with Crippen LogP contribution in [0, 0.1) is 6.92 Å². The molecule has 1 N–H and O–H groups in total. The second-order valence-electron chi connectivity index (χ2n) is 4.12. The molecule has 0 aliphatic carbocycles. The van der Waals surface area contributed by atoms with Crippen molar-refractivity contribution < 1.29 is 9.32 Å². The highest BCUT2D eigenvalue weighted by Crippen LogP contribution is 2.30. The molecule has 21 heavy (non-hydrogen) atoms. The highest BCUT2D eigenvalue weighted by atomic mass is 35.5. The monoisotopic (exact) mass is 320 g/mol. The molecule has 3 aromatic rings. The Bertz CT molecular complexity index is 799. The first kappa shape index (κ1) is 13.7. The number of aryl methyl sites for hydroxylation is 1. The first-order chi connectivity index (χ1) is 10.1. The summed E-state index contributed by atoms with van der Waals surface area (Å²) in [5, 5.41) is 8.99. The Morgan fingerprint density at radius 3 is 2.86 bits per heavy atom. The molecule has 0 atom stereocenters. The summed E-state index contributed by atoms with van der Waals surface area (Å²) in [5.41, 5.74) is 1.06. The first-order valence-corrected chi connectivity index (χ1v) is 7.21. The number of carbonyl (C=O) groups excluding carboxylic acids is 1. The van der Waals surface area contributed by atoms with Gasteiger partial charge in [0.2, 0.25) is 0 Å². The Balaban J connectivity index is 1.82. The van der Waals surface area contributed by atoms with Crippen molar-refractivity contribution in [1.29, 1.82) is 0 Å². The minimum Gasteiger partial charge on any atom is -0.315 e. The Kier molecular flexibility index (Phi) is 3.68. The van der Waals surface area contributed by atoms with Gasteiger partial charge in [-0.15, -0.1) is 11.3 Å². The Labute approximate surface area is 128 Å². The maximum atomic E-state index is 12.0. The smallest absolute Gasteiger partial charge is 0.315 e. The topological polar surface area (TPSA) is 80.9 Å². The largest absolute Gasteiger partial charge is 0.328 e. The standard InChI is InChI=1S/C13H9ClN4O2S/c1-7-15-13(20-18-7)17-11(19)10-6-21-12(16-10)8-4-2-3-5-9(8)14/h2-6H,1H3,(H,15,17,18,19). The lowest BCUT2D eigenvalue weighted by atomic mass is 10.2. The summed E-state index contributed by atoms with van der Waals surface area (Å²) < 4.78 is 4.83. The number of thiazole rings is 1. The van der Waals surface area contributed by atoms with Crippen LogP contribution < -0.4 is 5.32 Å². The Hall–Kier alpha value is -2.25. The summed E-state index contributed by atoms with van der Waals surface area (Å²) >= 11 is 7.45. The van der Waals surface area contributed by atoms with Crippen molar-refractivity contribution in [2.45, 2.75) is 6.92 Å². The SMILES string of the molecule is Cc1noc(NC(=O)c2csc(-c3ccccc3Cl)n2)n1. The molecule has 1 aromatic carbocycles. The van der Waals surface area contributed by atoms with Crippen LogP contribution in [0.3, 0.4) is 0 Å². The van der Waals surface area contributed by atoms with Crippen LogP contribution in [0.5, 0.6) is 0 Å². The van der Waals surface area contributed by atoms with Crippen molar-refractivity contribution in [3.05, 3.63) is 46.2 Å². The number of nitrogens with zero attached hydrogens (tertiary/aromatic N) is 3. The van der Waals surface area contributed by atoms with Crippen LogP contribution in [0.25, 0.3) is 10.6 Å². The molecule has 0 unspecified atom stereocenters. The molecule has 3 rings (SSSR count). The van der Waals surface area contributed by atoms with E-state index >= 15 is 0 Å². The van der Waals surface area contributed by atoms with Crippen LogP contribution in [-0.2, 0) is 0 Å². The minimum atomic E-state index is -0.409. The van der Waals surface area contributed by atoms with Crippen molar-refractivity contribution in [3.63, 3.8) is 0 Å². The van der Waals surface area contributed by atoms with Gasteiger partial charge in [0.25, 0.3) is 5.91 Å². The second kappa shape index (κ2) is 5.63. The predicted octanol–water partition coefficient (Wildman–Crippen LogP) is 3.41. The Morgan fingerprint density at radius 1 is 1.33 bits per heavy atom. The quantitative estimate of drug-likeness (QED) is 0.799. The average Bonchev–Trinajstić information content (AvgIpc) is 3.09. The molecule has 2 aromatic heterocycles. The van der Waals surface area contributed by atoms with Gasteiger partial charge in [0.15, 0.2) is 5.82 Å². The van der Waals surface area contributed by atoms with E-state index in [0.29, 0.717) is 15.9 Å². The van der Waals surface area contributed by atoms with E-state index in [2.05, 4.69) is 20.4 Å². The van der Waals surface area contributed by atoms with Crippen molar-refractivity contribution in [3.8, 4) is 10.6 Å². The van der Waals surface area contributed by atoms with Crippen molar-refractivity contribution in [2.24, 2.45) is 0 Å². The molecule has 8 heteroatoms. The minimum absolute atomic E-state index is 0.0461. The van der Waals surface area contributed by atoms with Gasteiger partial charge in [-0.25, -0.2) is 4.98 Å². The van der Waals surface area contributed by atoms with Gasteiger partial charge >= 0.3 is 6.01 Å². The number of nitrogens with one attached hydrogen (secondary N) is 1. The zero-order valence-corrected chi connectivity index (χ0v) is 12.4. The molecule has 0 spiro atoms. The third-order valence-electron chi connectivity index (χ3n) is 2.59. The van der Waals surface area contributed by atoms with Crippen molar-refractivity contribution in [2.75, 3.05) is 5.32 Å². The van der Waals surface area contributed by atoms with E-state index in [4.69, 9.17) is 16.1 Å². The molecular weight excluding hydrogens is 312 g/mol. The summed E-state index contributed by atoms with van der Waals surface area (Å²) in [5.74, 6) is 0.0357. The third kappa shape index (κ3) is 2.93. The summed E-state index contributed by atoms with van der Waals surface area (Å²) in [4.78, 5) is 20.2. The number of anilines is 1. The summed E-state index contributed by atoms with van der Waals surface area (Å²) in [6.07, 6.45) is 0. The number of aromatic nitrogens is 3. The molecule has 0 radical (unpaired) electrons. The molecule has 0 aliphatic heterocycles. The highest BCUT2D eigenvalue weighted by Gasteiger charge is 2.15. The van der Waals surface area contributed by atoms with Gasteiger partial charge in [-0.2, -0.15) is 4.98 Å². The molecule has 0 saturated carbocycles. The van der Waals surface area contributed by atoms with Crippen LogP contribution >= 0.6 is 22.9 Å². The molecule has 2 heterocycles. The molecule has 0 aliphatic rings. The Morgan fingerprint density at radius 2 is 2.14 bits per heavy atom. The van der Waals surface area contributed by atoms with E-state index < -0.39 is 5.91 Å². The van der Waals surface area contributed by atoms with Gasteiger partial charge < -0.3 is 4.52 Å². The molecule has 1 amide bonds. The van der Waals surface area contributed by atoms with Crippen LogP contribution in [-0.4, -0.2) is 21.0 Å². The molecule has 106 valence electrons. The number of benzene rings is 1. The summed E-state index contributed by atoms with van der Waals surface area (Å²) in [7, 11) is 0. The second-order valence-corrected chi connectivity index (χ2v) is 5.38. The summed E-state index contributed by atoms with van der Waals surface area (Å²) in [6.45, 7) is 1.66. The fourth-order valence-corrected chi connectivity index (χ4v) is 2.77. The van der Waals surface area contributed by atoms with E-state index in [9.17, 15) is 4.79 Å². The lowest BCUT2D eigenvalue weighted by molar-refractivity contribution is 0.101. The zero-order valence-electron chi connectivity index (χ0n) is 10.8. The van der Waals surface area contributed by atoms with Crippen molar-refractivity contribution in [1.82, 2.24) is 15.1 Å².